The molecule has 1 rings (SSSR count). The quantitative estimate of drug-likeness (QED) is 0.584. The largest absolute Gasteiger partial charge is 0.481 e. The van der Waals surface area contributed by atoms with Crippen LogP contribution in [0.15, 0.2) is 24.3 Å². The fourth-order valence-electron chi connectivity index (χ4n) is 1.60. The highest BCUT2D eigenvalue weighted by Gasteiger charge is 2.18. The van der Waals surface area contributed by atoms with E-state index in [1.165, 1.54) is 0 Å². The summed E-state index contributed by atoms with van der Waals surface area (Å²) in [5.41, 5.74) is 0.631. The molecule has 5 nitrogen and oxygen atoms in total. The molecule has 0 saturated carbocycles. The maximum atomic E-state index is 10.8. The number of rotatable bonds is 7. The van der Waals surface area contributed by atoms with E-state index in [9.17, 15) is 9.90 Å². The zero-order valence-corrected chi connectivity index (χ0v) is 11.3. The molecular formula is C14H21NO4. The van der Waals surface area contributed by atoms with Gasteiger partial charge in [-0.2, -0.15) is 0 Å². The molecule has 0 fully saturated rings. The van der Waals surface area contributed by atoms with Crippen molar-refractivity contribution in [3.05, 3.63) is 35.4 Å². The Labute approximate surface area is 112 Å². The molecule has 1 aromatic carbocycles. The zero-order chi connectivity index (χ0) is 14.5. The maximum absolute atomic E-state index is 10.8. The first-order valence-electron chi connectivity index (χ1n) is 6.21. The summed E-state index contributed by atoms with van der Waals surface area (Å²) in [4.78, 5) is 10.8. The van der Waals surface area contributed by atoms with Gasteiger partial charge < -0.3 is 20.6 Å². The summed E-state index contributed by atoms with van der Waals surface area (Å²) in [5.74, 6) is -1.36. The van der Waals surface area contributed by atoms with Crippen molar-refractivity contribution in [3.63, 3.8) is 0 Å². The van der Waals surface area contributed by atoms with Crippen LogP contribution in [0, 0.1) is 0 Å². The summed E-state index contributed by atoms with van der Waals surface area (Å²) in [6, 6.07) is 7.30. The normalized spacial score (nSPS) is 15.8. The second-order valence-corrected chi connectivity index (χ2v) is 5.06. The average molecular weight is 267 g/mol. The van der Waals surface area contributed by atoms with Gasteiger partial charge in [-0.15, -0.1) is 0 Å². The molecule has 0 bridgehead atoms. The topological polar surface area (TPSA) is 89.8 Å². The van der Waals surface area contributed by atoms with Crippen LogP contribution < -0.4 is 5.32 Å². The number of hydrogen-bond donors (Lipinski definition) is 4. The third-order valence-electron chi connectivity index (χ3n) is 3.03. The van der Waals surface area contributed by atoms with E-state index >= 15 is 0 Å². The lowest BCUT2D eigenvalue weighted by Crippen LogP contribution is -2.40. The molecule has 19 heavy (non-hydrogen) atoms. The molecule has 0 spiro atoms. The van der Waals surface area contributed by atoms with Crippen molar-refractivity contribution in [3.8, 4) is 0 Å². The van der Waals surface area contributed by atoms with Gasteiger partial charge in [-0.25, -0.2) is 0 Å². The Morgan fingerprint density at radius 1 is 1.37 bits per heavy atom. The lowest BCUT2D eigenvalue weighted by atomic mass is 10.00. The number of aliphatic hydroxyl groups is 2. The standard InChI is InChI=1S/C14H21NO4/c1-10(13(17)18)12-5-3-11(4-6-12)7-15-8-14(2,19)9-16/h3-6,10,15-16,19H,7-9H2,1-2H3,(H,17,18). The molecule has 0 amide bonds. The summed E-state index contributed by atoms with van der Waals surface area (Å²) in [6.07, 6.45) is 0. The van der Waals surface area contributed by atoms with Gasteiger partial charge in [0.25, 0.3) is 0 Å². The molecular weight excluding hydrogens is 246 g/mol. The Morgan fingerprint density at radius 2 is 1.95 bits per heavy atom. The SMILES string of the molecule is CC(C(=O)O)c1ccc(CNCC(C)(O)CO)cc1. The van der Waals surface area contributed by atoms with E-state index in [1.807, 2.05) is 12.1 Å². The molecule has 0 heterocycles. The van der Waals surface area contributed by atoms with Crippen molar-refractivity contribution in [1.29, 1.82) is 0 Å². The molecule has 2 unspecified atom stereocenters. The predicted molar refractivity (Wildman–Crippen MR) is 71.9 cm³/mol. The average Bonchev–Trinajstić information content (AvgIpc) is 2.38. The summed E-state index contributed by atoms with van der Waals surface area (Å²) >= 11 is 0. The number of aliphatic hydroxyl groups excluding tert-OH is 1. The second kappa shape index (κ2) is 6.65. The van der Waals surface area contributed by atoms with E-state index in [0.717, 1.165) is 11.1 Å². The van der Waals surface area contributed by atoms with Gasteiger partial charge in [0.2, 0.25) is 0 Å². The number of aliphatic carboxylic acids is 1. The Kier molecular flexibility index (Phi) is 5.47. The van der Waals surface area contributed by atoms with Crippen LogP contribution in [0.25, 0.3) is 0 Å². The molecule has 5 heteroatoms. The van der Waals surface area contributed by atoms with E-state index < -0.39 is 17.5 Å². The third-order valence-corrected chi connectivity index (χ3v) is 3.03. The van der Waals surface area contributed by atoms with Crippen LogP contribution in [0.1, 0.15) is 30.9 Å². The predicted octanol–water partition coefficient (Wildman–Crippen LogP) is 0.708. The zero-order valence-electron chi connectivity index (χ0n) is 11.3. The van der Waals surface area contributed by atoms with Crippen LogP contribution in [0.2, 0.25) is 0 Å². The first-order valence-corrected chi connectivity index (χ1v) is 6.21. The van der Waals surface area contributed by atoms with E-state index in [4.69, 9.17) is 10.2 Å². The molecule has 0 aromatic heterocycles. The van der Waals surface area contributed by atoms with Gasteiger partial charge in [0.05, 0.1) is 18.1 Å². The van der Waals surface area contributed by atoms with Crippen molar-refractivity contribution in [2.45, 2.75) is 31.9 Å². The minimum atomic E-state index is -1.13. The number of carbonyl (C=O) groups is 1. The molecule has 4 N–H and O–H groups in total. The summed E-state index contributed by atoms with van der Waals surface area (Å²) in [6.45, 7) is 3.75. The molecule has 1 aromatic rings. The highest BCUT2D eigenvalue weighted by Crippen LogP contribution is 2.16. The van der Waals surface area contributed by atoms with Gasteiger partial charge in [-0.3, -0.25) is 4.79 Å². The van der Waals surface area contributed by atoms with Crippen LogP contribution in [-0.2, 0) is 11.3 Å². The number of benzene rings is 1. The fraction of sp³-hybridized carbons (Fsp3) is 0.500. The molecule has 0 aliphatic heterocycles. The van der Waals surface area contributed by atoms with Crippen molar-refractivity contribution >= 4 is 5.97 Å². The van der Waals surface area contributed by atoms with Crippen LogP contribution >= 0.6 is 0 Å². The number of hydrogen-bond acceptors (Lipinski definition) is 4. The van der Waals surface area contributed by atoms with Crippen molar-refractivity contribution in [2.24, 2.45) is 0 Å². The van der Waals surface area contributed by atoms with Crippen LogP contribution in [0.5, 0.6) is 0 Å². The molecule has 0 aliphatic rings. The Bertz CT molecular complexity index is 414. The van der Waals surface area contributed by atoms with Crippen LogP contribution in [0.4, 0.5) is 0 Å². The van der Waals surface area contributed by atoms with Gasteiger partial charge in [0, 0.05) is 13.1 Å². The van der Waals surface area contributed by atoms with E-state index in [0.29, 0.717) is 6.54 Å². The molecule has 106 valence electrons. The Hall–Kier alpha value is -1.43. The Balaban J connectivity index is 2.51. The highest BCUT2D eigenvalue weighted by molar-refractivity contribution is 5.75. The van der Waals surface area contributed by atoms with Gasteiger partial charge >= 0.3 is 5.97 Å². The van der Waals surface area contributed by atoms with E-state index in [-0.39, 0.29) is 13.2 Å². The fourth-order valence-corrected chi connectivity index (χ4v) is 1.60. The van der Waals surface area contributed by atoms with E-state index in [2.05, 4.69) is 5.32 Å². The molecule has 0 saturated heterocycles. The van der Waals surface area contributed by atoms with Crippen molar-refractivity contribution < 1.29 is 20.1 Å². The van der Waals surface area contributed by atoms with Gasteiger partial charge in [-0.1, -0.05) is 24.3 Å². The summed E-state index contributed by atoms with van der Waals surface area (Å²) in [5, 5.41) is 30.4. The second-order valence-electron chi connectivity index (χ2n) is 5.06. The Morgan fingerprint density at radius 3 is 2.42 bits per heavy atom. The minimum Gasteiger partial charge on any atom is -0.481 e. The lowest BCUT2D eigenvalue weighted by molar-refractivity contribution is -0.138. The van der Waals surface area contributed by atoms with Gasteiger partial charge in [0.15, 0.2) is 0 Å². The first-order chi connectivity index (χ1) is 8.85. The number of carboxylic acids is 1. The summed E-state index contributed by atoms with van der Waals surface area (Å²) < 4.78 is 0. The van der Waals surface area contributed by atoms with Gasteiger partial charge in [0.1, 0.15) is 0 Å². The third kappa shape index (κ3) is 4.98. The summed E-state index contributed by atoms with van der Waals surface area (Å²) in [7, 11) is 0. The maximum Gasteiger partial charge on any atom is 0.310 e. The number of carboxylic acid groups (broad SMARTS) is 1. The van der Waals surface area contributed by atoms with Crippen LogP contribution in [0.3, 0.4) is 0 Å². The smallest absolute Gasteiger partial charge is 0.310 e. The monoisotopic (exact) mass is 267 g/mol. The molecule has 0 radical (unpaired) electrons. The number of nitrogens with one attached hydrogen (secondary N) is 1. The highest BCUT2D eigenvalue weighted by atomic mass is 16.4. The van der Waals surface area contributed by atoms with Crippen molar-refractivity contribution in [1.82, 2.24) is 5.32 Å². The van der Waals surface area contributed by atoms with E-state index in [1.54, 1.807) is 26.0 Å². The minimum absolute atomic E-state index is 0.288. The van der Waals surface area contributed by atoms with Crippen molar-refractivity contribution in [2.75, 3.05) is 13.2 Å². The first kappa shape index (κ1) is 15.6. The molecule has 2 atom stereocenters. The van der Waals surface area contributed by atoms with Crippen LogP contribution in [-0.4, -0.2) is 40.0 Å². The molecule has 0 aliphatic carbocycles. The van der Waals surface area contributed by atoms with Gasteiger partial charge in [-0.05, 0) is 25.0 Å². The lowest BCUT2D eigenvalue weighted by Gasteiger charge is -2.20.